The molecule has 0 unspecified atom stereocenters. The van der Waals surface area contributed by atoms with Crippen molar-refractivity contribution in [2.24, 2.45) is 0 Å². The minimum Gasteiger partial charge on any atom is -0.439 e. The molecule has 0 spiro atoms. The van der Waals surface area contributed by atoms with E-state index in [9.17, 15) is 0 Å². The number of benzene rings is 4. The molecule has 0 radical (unpaired) electrons. The van der Waals surface area contributed by atoms with Gasteiger partial charge in [0.05, 0.1) is 17.4 Å². The van der Waals surface area contributed by atoms with Crippen LogP contribution in [0.25, 0.3) is 55.5 Å². The summed E-state index contributed by atoms with van der Waals surface area (Å²) in [6.45, 7) is 9.00. The lowest BCUT2D eigenvalue weighted by Gasteiger charge is -2.18. The second kappa shape index (κ2) is 11.1. The lowest BCUT2D eigenvalue weighted by atomic mass is 9.86. The van der Waals surface area contributed by atoms with E-state index in [1.807, 2.05) is 53.3 Å². The molecule has 8 rings (SSSR count). The Bertz CT molecular complexity index is 2340. The van der Waals surface area contributed by atoms with Crippen molar-refractivity contribution in [1.29, 1.82) is 0 Å². The summed E-state index contributed by atoms with van der Waals surface area (Å²) in [6.07, 6.45) is 4.09. The Labute approximate surface area is 267 Å². The second-order valence-electron chi connectivity index (χ2n) is 12.5. The number of ether oxygens (including phenoxy) is 1. The van der Waals surface area contributed by atoms with Gasteiger partial charge in [-0.2, -0.15) is 10.1 Å². The first-order chi connectivity index (χ1) is 22.5. The summed E-state index contributed by atoms with van der Waals surface area (Å²) in [5, 5.41) is 8.36. The molecule has 0 aliphatic rings. The quantitative estimate of drug-likeness (QED) is 0.198. The topological polar surface area (TPSA) is 60.7 Å². The highest BCUT2D eigenvalue weighted by molar-refractivity contribution is 6.21. The fraction of sp³-hybridized carbons (Fsp3) is 0.150. The Balaban J connectivity index is 1.14. The molecule has 0 aliphatic carbocycles. The van der Waals surface area contributed by atoms with Gasteiger partial charge in [-0.1, -0.05) is 94.4 Å². The van der Waals surface area contributed by atoms with Gasteiger partial charge in [0, 0.05) is 45.6 Å². The van der Waals surface area contributed by atoms with Crippen LogP contribution < -0.4 is 4.74 Å². The number of fused-ring (bicyclic) bond motifs is 5. The normalized spacial score (nSPS) is 11.9. The zero-order valence-electron chi connectivity index (χ0n) is 26.4. The molecule has 4 aromatic heterocycles. The fourth-order valence-electron chi connectivity index (χ4n) is 6.68. The van der Waals surface area contributed by atoms with Gasteiger partial charge in [-0.05, 0) is 58.9 Å². The van der Waals surface area contributed by atoms with Crippen LogP contribution >= 0.6 is 0 Å². The van der Waals surface area contributed by atoms with E-state index in [-0.39, 0.29) is 0 Å². The van der Waals surface area contributed by atoms with Gasteiger partial charge >= 0.3 is 0 Å². The summed E-state index contributed by atoms with van der Waals surface area (Å²) in [5.74, 6) is 2.82. The van der Waals surface area contributed by atoms with E-state index in [1.54, 1.807) is 0 Å². The average Bonchev–Trinajstić information content (AvgIpc) is 3.78. The molecule has 4 heterocycles. The highest BCUT2D eigenvalue weighted by Gasteiger charge is 2.19. The molecule has 226 valence electrons. The summed E-state index contributed by atoms with van der Waals surface area (Å²) in [4.78, 5) is 8.61. The van der Waals surface area contributed by atoms with Crippen molar-refractivity contribution in [1.82, 2.24) is 24.3 Å². The average molecular weight is 602 g/mol. The molecule has 0 saturated carbocycles. The van der Waals surface area contributed by atoms with E-state index in [4.69, 9.17) is 14.8 Å². The molecule has 46 heavy (non-hydrogen) atoms. The maximum Gasteiger partial charge on any atom is 0.221 e. The third kappa shape index (κ3) is 4.65. The highest BCUT2D eigenvalue weighted by atomic mass is 16.5. The molecular formula is C40H35N5O. The molecule has 4 aromatic carbocycles. The van der Waals surface area contributed by atoms with Gasteiger partial charge in [-0.3, -0.25) is 4.57 Å². The van der Waals surface area contributed by atoms with E-state index in [0.717, 1.165) is 33.7 Å². The molecule has 6 heteroatoms. The van der Waals surface area contributed by atoms with Crippen LogP contribution in [-0.4, -0.2) is 24.3 Å². The van der Waals surface area contributed by atoms with Crippen LogP contribution in [0.15, 0.2) is 122 Å². The number of hydrogen-bond donors (Lipinski definition) is 1. The van der Waals surface area contributed by atoms with Crippen molar-refractivity contribution in [3.63, 3.8) is 0 Å². The zero-order valence-corrected chi connectivity index (χ0v) is 26.4. The number of hydrogen-bond acceptors (Lipinski definition) is 3. The number of pyridine rings is 1. The molecule has 1 N–H and O–H groups in total. The smallest absolute Gasteiger partial charge is 0.221 e. The summed E-state index contributed by atoms with van der Waals surface area (Å²) in [6, 6.07) is 37.4. The predicted molar refractivity (Wildman–Crippen MR) is 188 cm³/mol. The van der Waals surface area contributed by atoms with Crippen molar-refractivity contribution in [3.05, 3.63) is 133 Å². The first kappa shape index (κ1) is 27.9. The SMILES string of the molecule is CC(C)c1cccc(C(C)C)c1-c1cnn(-c2cccc(Oc3cccc(-n4c5ccccc5c5c6ccccc6[nH]c54)n3)c2)c1. The fourth-order valence-corrected chi connectivity index (χ4v) is 6.68. The standard InChI is InChI=1S/C40H35N5O/c1-25(2)30-16-10-17-31(26(3)4)38(30)27-23-41-44(24-27)28-12-9-13-29(22-28)46-37-21-11-20-36(43-37)45-35-19-8-6-15-33(35)39-32-14-5-7-18-34(32)42-40(39)45/h5-26,42H,1-4H3. The van der Waals surface area contributed by atoms with Gasteiger partial charge in [-0.15, -0.1) is 0 Å². The Kier molecular flexibility index (Phi) is 6.71. The van der Waals surface area contributed by atoms with E-state index in [2.05, 4.69) is 110 Å². The first-order valence-corrected chi connectivity index (χ1v) is 15.9. The number of nitrogens with one attached hydrogen (secondary N) is 1. The van der Waals surface area contributed by atoms with Crippen molar-refractivity contribution in [3.8, 4) is 34.3 Å². The summed E-state index contributed by atoms with van der Waals surface area (Å²) >= 11 is 0. The largest absolute Gasteiger partial charge is 0.439 e. The molecule has 0 aliphatic heterocycles. The molecule has 0 bridgehead atoms. The van der Waals surface area contributed by atoms with Crippen molar-refractivity contribution < 1.29 is 4.74 Å². The monoisotopic (exact) mass is 601 g/mol. The van der Waals surface area contributed by atoms with Crippen molar-refractivity contribution >= 4 is 32.8 Å². The number of H-pyrrole nitrogens is 1. The maximum absolute atomic E-state index is 6.38. The Hall–Kier alpha value is -5.62. The Morgan fingerprint density at radius 1 is 0.717 bits per heavy atom. The van der Waals surface area contributed by atoms with Gasteiger partial charge in [0.1, 0.15) is 17.2 Å². The summed E-state index contributed by atoms with van der Waals surface area (Å²) < 4.78 is 10.5. The molecule has 8 aromatic rings. The number of aromatic amines is 1. The van der Waals surface area contributed by atoms with Crippen LogP contribution in [0, 0.1) is 0 Å². The number of aromatic nitrogens is 5. The lowest BCUT2D eigenvalue weighted by Crippen LogP contribution is -2.00. The van der Waals surface area contributed by atoms with E-state index < -0.39 is 0 Å². The first-order valence-electron chi connectivity index (χ1n) is 15.9. The number of rotatable bonds is 7. The van der Waals surface area contributed by atoms with E-state index in [1.165, 1.54) is 32.8 Å². The Morgan fingerprint density at radius 3 is 2.24 bits per heavy atom. The van der Waals surface area contributed by atoms with Crippen LogP contribution in [-0.2, 0) is 0 Å². The summed E-state index contributed by atoms with van der Waals surface area (Å²) in [7, 11) is 0. The van der Waals surface area contributed by atoms with Gasteiger partial charge in [0.15, 0.2) is 0 Å². The maximum atomic E-state index is 6.38. The molecule has 6 nitrogen and oxygen atoms in total. The predicted octanol–water partition coefficient (Wildman–Crippen LogP) is 10.6. The van der Waals surface area contributed by atoms with Crippen LogP contribution in [0.1, 0.15) is 50.7 Å². The second-order valence-corrected chi connectivity index (χ2v) is 12.5. The molecule has 0 fully saturated rings. The molecule has 0 amide bonds. The highest BCUT2D eigenvalue weighted by Crippen LogP contribution is 2.38. The minimum absolute atomic E-state index is 0.411. The Morgan fingerprint density at radius 2 is 1.43 bits per heavy atom. The third-order valence-electron chi connectivity index (χ3n) is 8.81. The lowest BCUT2D eigenvalue weighted by molar-refractivity contribution is 0.462. The van der Waals surface area contributed by atoms with E-state index >= 15 is 0 Å². The van der Waals surface area contributed by atoms with Crippen LogP contribution in [0.2, 0.25) is 0 Å². The van der Waals surface area contributed by atoms with Gasteiger partial charge in [-0.25, -0.2) is 4.68 Å². The van der Waals surface area contributed by atoms with E-state index in [0.29, 0.717) is 23.5 Å². The summed E-state index contributed by atoms with van der Waals surface area (Å²) in [5.41, 5.74) is 9.22. The van der Waals surface area contributed by atoms with Gasteiger partial charge < -0.3 is 9.72 Å². The van der Waals surface area contributed by atoms with Crippen LogP contribution in [0.4, 0.5) is 0 Å². The minimum atomic E-state index is 0.411. The molecular weight excluding hydrogens is 566 g/mol. The molecule has 0 saturated heterocycles. The van der Waals surface area contributed by atoms with Crippen molar-refractivity contribution in [2.75, 3.05) is 0 Å². The van der Waals surface area contributed by atoms with Gasteiger partial charge in [0.25, 0.3) is 0 Å². The molecule has 0 atom stereocenters. The zero-order chi connectivity index (χ0) is 31.4. The van der Waals surface area contributed by atoms with Crippen LogP contribution in [0.5, 0.6) is 11.6 Å². The van der Waals surface area contributed by atoms with Crippen LogP contribution in [0.3, 0.4) is 0 Å². The van der Waals surface area contributed by atoms with Crippen molar-refractivity contribution in [2.45, 2.75) is 39.5 Å². The number of para-hydroxylation sites is 2. The third-order valence-corrected chi connectivity index (χ3v) is 8.81. The number of nitrogens with zero attached hydrogens (tertiary/aromatic N) is 4. The van der Waals surface area contributed by atoms with Gasteiger partial charge in [0.2, 0.25) is 5.88 Å².